The van der Waals surface area contributed by atoms with Crippen molar-refractivity contribution in [3.63, 3.8) is 0 Å². The van der Waals surface area contributed by atoms with E-state index in [1.165, 1.54) is 0 Å². The van der Waals surface area contributed by atoms with E-state index in [1.807, 2.05) is 80.8 Å². The van der Waals surface area contributed by atoms with Gasteiger partial charge in [0.1, 0.15) is 17.4 Å². The second-order valence-corrected chi connectivity index (χ2v) is 7.76. The molecule has 158 valence electrons. The van der Waals surface area contributed by atoms with Gasteiger partial charge in [-0.2, -0.15) is 5.26 Å². The van der Waals surface area contributed by atoms with Crippen LogP contribution in [0.3, 0.4) is 0 Å². The molecule has 5 nitrogen and oxygen atoms in total. The molecule has 0 aliphatic rings. The molecule has 0 fully saturated rings. The first-order chi connectivity index (χ1) is 14.8. The van der Waals surface area contributed by atoms with Crippen LogP contribution in [0.15, 0.2) is 48.0 Å². The van der Waals surface area contributed by atoms with Gasteiger partial charge in [-0.15, -0.1) is 0 Å². The monoisotopic (exact) mass is 433 g/mol. The highest BCUT2D eigenvalue weighted by atomic mass is 35.5. The molecule has 6 heteroatoms. The quantitative estimate of drug-likeness (QED) is 0.401. The number of ether oxygens (including phenoxy) is 1. The maximum Gasteiger partial charge on any atom is 0.266 e. The Morgan fingerprint density at radius 1 is 1.16 bits per heavy atom. The van der Waals surface area contributed by atoms with Crippen LogP contribution in [-0.4, -0.2) is 17.6 Å². The molecule has 3 aromatic rings. The average Bonchev–Trinajstić information content (AvgIpc) is 3.02. The Hall–Kier alpha value is -3.49. The largest absolute Gasteiger partial charge is 0.495 e. The fraction of sp³-hybridized carbons (Fsp3) is 0.200. The van der Waals surface area contributed by atoms with Gasteiger partial charge in [0, 0.05) is 22.8 Å². The molecular weight excluding hydrogens is 410 g/mol. The van der Waals surface area contributed by atoms with Crippen molar-refractivity contribution in [2.75, 3.05) is 12.4 Å². The molecular formula is C25H24ClN3O2. The van der Waals surface area contributed by atoms with Crippen LogP contribution in [0, 0.1) is 39.0 Å². The lowest BCUT2D eigenvalue weighted by Gasteiger charge is -2.12. The van der Waals surface area contributed by atoms with E-state index in [9.17, 15) is 10.1 Å². The predicted octanol–water partition coefficient (Wildman–Crippen LogP) is 5.92. The standard InChI is InChI=1S/C25H24ClN3O2/c1-15-7-6-8-23(17(15)3)28-25(30)20(14-27)12-19-11-16(2)29(18(19)4)21-9-10-24(31-5)22(26)13-21/h6-13H,1-5H3,(H,28,30)/b20-12+. The predicted molar refractivity (Wildman–Crippen MR) is 125 cm³/mol. The molecule has 31 heavy (non-hydrogen) atoms. The van der Waals surface area contributed by atoms with Crippen LogP contribution in [0.25, 0.3) is 11.8 Å². The minimum atomic E-state index is -0.437. The number of carbonyl (C=O) groups excluding carboxylic acids is 1. The number of hydrogen-bond donors (Lipinski definition) is 1. The van der Waals surface area contributed by atoms with Crippen LogP contribution in [-0.2, 0) is 4.79 Å². The minimum absolute atomic E-state index is 0.0360. The Labute approximate surface area is 187 Å². The van der Waals surface area contributed by atoms with E-state index in [4.69, 9.17) is 16.3 Å². The van der Waals surface area contributed by atoms with Crippen LogP contribution in [0.5, 0.6) is 5.75 Å². The van der Waals surface area contributed by atoms with Gasteiger partial charge in [-0.05, 0) is 80.8 Å². The number of nitrogens with zero attached hydrogens (tertiary/aromatic N) is 2. The average molecular weight is 434 g/mol. The van der Waals surface area contributed by atoms with Crippen molar-refractivity contribution >= 4 is 29.3 Å². The van der Waals surface area contributed by atoms with Crippen molar-refractivity contribution in [2.45, 2.75) is 27.7 Å². The number of amides is 1. The lowest BCUT2D eigenvalue weighted by molar-refractivity contribution is -0.112. The molecule has 0 atom stereocenters. The number of carbonyl (C=O) groups is 1. The van der Waals surface area contributed by atoms with Gasteiger partial charge in [-0.3, -0.25) is 4.79 Å². The summed E-state index contributed by atoms with van der Waals surface area (Å²) in [5.74, 6) is 0.163. The summed E-state index contributed by atoms with van der Waals surface area (Å²) < 4.78 is 7.25. The van der Waals surface area contributed by atoms with E-state index in [2.05, 4.69) is 5.32 Å². The van der Waals surface area contributed by atoms with E-state index in [0.717, 1.165) is 33.8 Å². The molecule has 0 radical (unpaired) electrons. The SMILES string of the molecule is COc1ccc(-n2c(C)cc(/C=C(\C#N)C(=O)Nc3cccc(C)c3C)c2C)cc1Cl. The summed E-state index contributed by atoms with van der Waals surface area (Å²) in [7, 11) is 1.57. The third kappa shape index (κ3) is 4.50. The van der Waals surface area contributed by atoms with Gasteiger partial charge in [0.25, 0.3) is 5.91 Å². The summed E-state index contributed by atoms with van der Waals surface area (Å²) in [5, 5.41) is 13.0. The van der Waals surface area contributed by atoms with Crippen LogP contribution in [0.2, 0.25) is 5.02 Å². The number of nitrogens with one attached hydrogen (secondary N) is 1. The smallest absolute Gasteiger partial charge is 0.266 e. The van der Waals surface area contributed by atoms with Gasteiger partial charge in [0.15, 0.2) is 0 Å². The normalized spacial score (nSPS) is 11.2. The third-order valence-corrected chi connectivity index (χ3v) is 5.68. The lowest BCUT2D eigenvalue weighted by atomic mass is 10.1. The van der Waals surface area contributed by atoms with Gasteiger partial charge in [0.2, 0.25) is 0 Å². The number of hydrogen-bond acceptors (Lipinski definition) is 3. The van der Waals surface area contributed by atoms with E-state index >= 15 is 0 Å². The summed E-state index contributed by atoms with van der Waals surface area (Å²) >= 11 is 6.29. The summed E-state index contributed by atoms with van der Waals surface area (Å²) in [6.07, 6.45) is 1.62. The Bertz CT molecular complexity index is 1230. The summed E-state index contributed by atoms with van der Waals surface area (Å²) in [6, 6.07) is 15.2. The summed E-state index contributed by atoms with van der Waals surface area (Å²) in [6.45, 7) is 7.82. The molecule has 1 aromatic heterocycles. The van der Waals surface area contributed by atoms with Crippen LogP contribution in [0.1, 0.15) is 28.1 Å². The van der Waals surface area contributed by atoms with Crippen LogP contribution in [0.4, 0.5) is 5.69 Å². The van der Waals surface area contributed by atoms with Gasteiger partial charge in [-0.1, -0.05) is 23.7 Å². The van der Waals surface area contributed by atoms with E-state index in [-0.39, 0.29) is 5.57 Å². The van der Waals surface area contributed by atoms with E-state index in [0.29, 0.717) is 16.5 Å². The first-order valence-corrected chi connectivity index (χ1v) is 10.2. The lowest BCUT2D eigenvalue weighted by Crippen LogP contribution is -2.14. The number of aromatic nitrogens is 1. The first kappa shape index (κ1) is 22.2. The Morgan fingerprint density at radius 3 is 2.55 bits per heavy atom. The molecule has 0 unspecified atom stereocenters. The minimum Gasteiger partial charge on any atom is -0.495 e. The van der Waals surface area contributed by atoms with E-state index in [1.54, 1.807) is 13.2 Å². The summed E-state index contributed by atoms with van der Waals surface area (Å²) in [5.41, 5.74) is 6.29. The van der Waals surface area contributed by atoms with Crippen molar-refractivity contribution in [3.8, 4) is 17.5 Å². The number of methoxy groups -OCH3 is 1. The highest BCUT2D eigenvalue weighted by Crippen LogP contribution is 2.30. The molecule has 0 saturated carbocycles. The molecule has 2 aromatic carbocycles. The number of halogens is 1. The zero-order valence-electron chi connectivity index (χ0n) is 18.2. The van der Waals surface area contributed by atoms with Crippen molar-refractivity contribution in [1.82, 2.24) is 4.57 Å². The Kier molecular flexibility index (Phi) is 6.53. The maximum absolute atomic E-state index is 12.8. The zero-order chi connectivity index (χ0) is 22.7. The first-order valence-electron chi connectivity index (χ1n) is 9.79. The number of nitriles is 1. The van der Waals surface area contributed by atoms with Crippen molar-refractivity contribution in [1.29, 1.82) is 5.26 Å². The van der Waals surface area contributed by atoms with Crippen molar-refractivity contribution < 1.29 is 9.53 Å². The van der Waals surface area contributed by atoms with Crippen molar-refractivity contribution in [3.05, 3.63) is 81.1 Å². The molecule has 1 N–H and O–H groups in total. The highest BCUT2D eigenvalue weighted by molar-refractivity contribution is 6.32. The molecule has 0 aliphatic carbocycles. The number of anilines is 1. The third-order valence-electron chi connectivity index (χ3n) is 5.38. The zero-order valence-corrected chi connectivity index (χ0v) is 19.0. The molecule has 1 heterocycles. The maximum atomic E-state index is 12.8. The van der Waals surface area contributed by atoms with Gasteiger partial charge in [-0.25, -0.2) is 0 Å². The second kappa shape index (κ2) is 9.11. The highest BCUT2D eigenvalue weighted by Gasteiger charge is 2.15. The van der Waals surface area contributed by atoms with Crippen LogP contribution < -0.4 is 10.1 Å². The fourth-order valence-corrected chi connectivity index (χ4v) is 3.76. The van der Waals surface area contributed by atoms with Gasteiger partial charge >= 0.3 is 0 Å². The number of benzene rings is 2. The second-order valence-electron chi connectivity index (χ2n) is 7.35. The molecule has 0 spiro atoms. The molecule has 0 bridgehead atoms. The van der Waals surface area contributed by atoms with Gasteiger partial charge in [0.05, 0.1) is 12.1 Å². The summed E-state index contributed by atoms with van der Waals surface area (Å²) in [4.78, 5) is 12.8. The fourth-order valence-electron chi connectivity index (χ4n) is 3.51. The molecule has 3 rings (SSSR count). The molecule has 0 aliphatic heterocycles. The molecule has 1 amide bonds. The topological polar surface area (TPSA) is 67.0 Å². The van der Waals surface area contributed by atoms with E-state index < -0.39 is 5.91 Å². The molecule has 0 saturated heterocycles. The Morgan fingerprint density at radius 2 is 1.90 bits per heavy atom. The van der Waals surface area contributed by atoms with Gasteiger partial charge < -0.3 is 14.6 Å². The Balaban J connectivity index is 1.96. The van der Waals surface area contributed by atoms with Crippen molar-refractivity contribution in [2.24, 2.45) is 0 Å². The van der Waals surface area contributed by atoms with Crippen LogP contribution >= 0.6 is 11.6 Å². The number of aryl methyl sites for hydroxylation is 2. The number of rotatable bonds is 5.